The van der Waals surface area contributed by atoms with Crippen molar-refractivity contribution in [1.82, 2.24) is 14.8 Å². The highest BCUT2D eigenvalue weighted by molar-refractivity contribution is 5.89. The number of para-hydroxylation sites is 1. The van der Waals surface area contributed by atoms with Crippen molar-refractivity contribution < 1.29 is 9.90 Å². The lowest BCUT2D eigenvalue weighted by molar-refractivity contribution is 0.0685. The molecule has 0 radical (unpaired) electrons. The van der Waals surface area contributed by atoms with Crippen molar-refractivity contribution in [3.05, 3.63) is 42.1 Å². The van der Waals surface area contributed by atoms with Gasteiger partial charge in [-0.15, -0.1) is 0 Å². The third-order valence-corrected chi connectivity index (χ3v) is 2.90. The van der Waals surface area contributed by atoms with Crippen LogP contribution in [0.2, 0.25) is 0 Å². The van der Waals surface area contributed by atoms with Gasteiger partial charge < -0.3 is 10.1 Å². The smallest absolute Gasteiger partial charge is 0.354 e. The summed E-state index contributed by atoms with van der Waals surface area (Å²) in [5.74, 6) is -0.979. The molecular weight excluding hydrogens is 230 g/mol. The van der Waals surface area contributed by atoms with Gasteiger partial charge in [0.25, 0.3) is 0 Å². The molecule has 2 N–H and O–H groups in total. The molecule has 5 heteroatoms. The number of aryl methyl sites for hydroxylation is 1. The summed E-state index contributed by atoms with van der Waals surface area (Å²) in [6.45, 7) is 0. The average molecular weight is 241 g/mol. The van der Waals surface area contributed by atoms with Crippen LogP contribution in [0.1, 0.15) is 10.5 Å². The summed E-state index contributed by atoms with van der Waals surface area (Å²) in [6, 6.07) is 11.4. The fourth-order valence-electron chi connectivity index (χ4n) is 2.01. The Labute approximate surface area is 103 Å². The van der Waals surface area contributed by atoms with Crippen molar-refractivity contribution in [1.29, 1.82) is 0 Å². The van der Waals surface area contributed by atoms with Crippen molar-refractivity contribution in [2.75, 3.05) is 0 Å². The van der Waals surface area contributed by atoms with Gasteiger partial charge in [-0.25, -0.2) is 4.79 Å². The summed E-state index contributed by atoms with van der Waals surface area (Å²) in [5, 5.41) is 14.3. The van der Waals surface area contributed by atoms with Crippen LogP contribution in [-0.4, -0.2) is 25.8 Å². The molecular formula is C13H11N3O2. The Bertz CT molecular complexity index is 707. The lowest BCUT2D eigenvalue weighted by atomic mass is 10.2. The lowest BCUT2D eigenvalue weighted by Gasteiger charge is -1.91. The second kappa shape index (κ2) is 3.73. The standard InChI is InChI=1S/C13H11N3O2/c1-16-12(13(17)18)7-11(15-16)10-6-8-4-2-3-5-9(8)14-10/h2-7,14H,1H3,(H,17,18). The molecule has 3 rings (SSSR count). The van der Waals surface area contributed by atoms with E-state index < -0.39 is 5.97 Å². The summed E-state index contributed by atoms with van der Waals surface area (Å²) in [4.78, 5) is 14.2. The summed E-state index contributed by atoms with van der Waals surface area (Å²) in [5.41, 5.74) is 2.63. The first-order valence-corrected chi connectivity index (χ1v) is 5.50. The van der Waals surface area contributed by atoms with E-state index in [0.717, 1.165) is 16.6 Å². The number of aromatic carboxylic acids is 1. The molecule has 90 valence electrons. The number of fused-ring (bicyclic) bond motifs is 1. The molecule has 2 aromatic heterocycles. The number of nitrogens with zero attached hydrogens (tertiary/aromatic N) is 2. The zero-order chi connectivity index (χ0) is 12.7. The molecule has 0 atom stereocenters. The van der Waals surface area contributed by atoms with E-state index in [1.54, 1.807) is 13.1 Å². The Hall–Kier alpha value is -2.56. The second-order valence-electron chi connectivity index (χ2n) is 4.11. The fraction of sp³-hybridized carbons (Fsp3) is 0.0769. The number of aromatic amines is 1. The zero-order valence-electron chi connectivity index (χ0n) is 9.71. The highest BCUT2D eigenvalue weighted by Gasteiger charge is 2.14. The van der Waals surface area contributed by atoms with E-state index in [2.05, 4.69) is 10.1 Å². The Morgan fingerprint density at radius 1 is 1.33 bits per heavy atom. The quantitative estimate of drug-likeness (QED) is 0.723. The van der Waals surface area contributed by atoms with E-state index in [9.17, 15) is 4.79 Å². The summed E-state index contributed by atoms with van der Waals surface area (Å²) in [7, 11) is 1.62. The summed E-state index contributed by atoms with van der Waals surface area (Å²) >= 11 is 0. The van der Waals surface area contributed by atoms with Crippen molar-refractivity contribution >= 4 is 16.9 Å². The van der Waals surface area contributed by atoms with Crippen LogP contribution in [-0.2, 0) is 7.05 Å². The molecule has 0 saturated heterocycles. The van der Waals surface area contributed by atoms with Gasteiger partial charge in [-0.3, -0.25) is 4.68 Å². The maximum absolute atomic E-state index is 11.0. The molecule has 0 saturated carbocycles. The lowest BCUT2D eigenvalue weighted by Crippen LogP contribution is -2.04. The molecule has 3 aromatic rings. The number of rotatable bonds is 2. The van der Waals surface area contributed by atoms with Crippen molar-refractivity contribution in [2.24, 2.45) is 7.05 Å². The van der Waals surface area contributed by atoms with Crippen LogP contribution in [0.3, 0.4) is 0 Å². The van der Waals surface area contributed by atoms with Crippen LogP contribution < -0.4 is 0 Å². The largest absolute Gasteiger partial charge is 0.477 e. The van der Waals surface area contributed by atoms with Gasteiger partial charge in [-0.05, 0) is 12.1 Å². The first kappa shape index (κ1) is 10.6. The van der Waals surface area contributed by atoms with E-state index in [1.165, 1.54) is 4.68 Å². The summed E-state index contributed by atoms with van der Waals surface area (Å²) in [6.07, 6.45) is 0. The Balaban J connectivity index is 2.14. The topological polar surface area (TPSA) is 70.9 Å². The predicted octanol–water partition coefficient (Wildman–Crippen LogP) is 2.27. The van der Waals surface area contributed by atoms with E-state index in [4.69, 9.17) is 5.11 Å². The van der Waals surface area contributed by atoms with Gasteiger partial charge >= 0.3 is 5.97 Å². The number of hydrogen-bond donors (Lipinski definition) is 2. The molecule has 1 aromatic carbocycles. The number of aromatic nitrogens is 3. The van der Waals surface area contributed by atoms with Crippen LogP contribution >= 0.6 is 0 Å². The minimum Gasteiger partial charge on any atom is -0.477 e. The number of H-pyrrole nitrogens is 1. The third-order valence-electron chi connectivity index (χ3n) is 2.90. The van der Waals surface area contributed by atoms with Gasteiger partial charge in [-0.2, -0.15) is 5.10 Å². The Morgan fingerprint density at radius 2 is 2.11 bits per heavy atom. The van der Waals surface area contributed by atoms with Crippen molar-refractivity contribution in [3.8, 4) is 11.4 Å². The maximum atomic E-state index is 11.0. The number of carboxylic acids is 1. The van der Waals surface area contributed by atoms with Gasteiger partial charge in [0.2, 0.25) is 0 Å². The molecule has 18 heavy (non-hydrogen) atoms. The highest BCUT2D eigenvalue weighted by atomic mass is 16.4. The van der Waals surface area contributed by atoms with E-state index >= 15 is 0 Å². The van der Waals surface area contributed by atoms with Gasteiger partial charge in [0.05, 0.1) is 5.69 Å². The molecule has 0 aliphatic heterocycles. The van der Waals surface area contributed by atoms with Gasteiger partial charge in [0.1, 0.15) is 11.4 Å². The monoisotopic (exact) mass is 241 g/mol. The van der Waals surface area contributed by atoms with Crippen molar-refractivity contribution in [2.45, 2.75) is 0 Å². The van der Waals surface area contributed by atoms with Crippen LogP contribution in [0.5, 0.6) is 0 Å². The molecule has 0 amide bonds. The summed E-state index contributed by atoms with van der Waals surface area (Å²) < 4.78 is 1.36. The van der Waals surface area contributed by atoms with Gasteiger partial charge in [0, 0.05) is 24.0 Å². The average Bonchev–Trinajstić information content (AvgIpc) is 2.91. The fourth-order valence-corrected chi connectivity index (χ4v) is 2.01. The minimum atomic E-state index is -0.979. The number of nitrogens with one attached hydrogen (secondary N) is 1. The second-order valence-corrected chi connectivity index (χ2v) is 4.11. The minimum absolute atomic E-state index is 0.170. The predicted molar refractivity (Wildman–Crippen MR) is 67.5 cm³/mol. The molecule has 5 nitrogen and oxygen atoms in total. The number of carbonyl (C=O) groups is 1. The first-order chi connectivity index (χ1) is 8.65. The number of hydrogen-bond acceptors (Lipinski definition) is 2. The molecule has 0 spiro atoms. The molecule has 2 heterocycles. The van der Waals surface area contributed by atoms with Crippen LogP contribution in [0.4, 0.5) is 0 Å². The molecule has 0 aliphatic carbocycles. The molecule has 0 aliphatic rings. The van der Waals surface area contributed by atoms with E-state index in [0.29, 0.717) is 5.69 Å². The normalized spacial score (nSPS) is 10.9. The van der Waals surface area contributed by atoms with E-state index in [1.807, 2.05) is 30.3 Å². The molecule has 0 unspecified atom stereocenters. The van der Waals surface area contributed by atoms with Crippen LogP contribution in [0, 0.1) is 0 Å². The Kier molecular flexibility index (Phi) is 2.19. The number of carboxylic acid groups (broad SMARTS) is 1. The molecule has 0 fully saturated rings. The van der Waals surface area contributed by atoms with Crippen molar-refractivity contribution in [3.63, 3.8) is 0 Å². The molecule has 0 bridgehead atoms. The van der Waals surface area contributed by atoms with Crippen LogP contribution in [0.15, 0.2) is 36.4 Å². The SMILES string of the molecule is Cn1nc(-c2cc3ccccc3[nH]2)cc1C(=O)O. The zero-order valence-corrected chi connectivity index (χ0v) is 9.71. The van der Waals surface area contributed by atoms with E-state index in [-0.39, 0.29) is 5.69 Å². The Morgan fingerprint density at radius 3 is 2.78 bits per heavy atom. The van der Waals surface area contributed by atoms with Gasteiger partial charge in [-0.1, -0.05) is 18.2 Å². The van der Waals surface area contributed by atoms with Gasteiger partial charge in [0.15, 0.2) is 0 Å². The maximum Gasteiger partial charge on any atom is 0.354 e. The highest BCUT2D eigenvalue weighted by Crippen LogP contribution is 2.23. The third kappa shape index (κ3) is 1.57. The number of benzene rings is 1. The first-order valence-electron chi connectivity index (χ1n) is 5.50. The van der Waals surface area contributed by atoms with Crippen LogP contribution in [0.25, 0.3) is 22.3 Å².